The van der Waals surface area contributed by atoms with E-state index in [2.05, 4.69) is 20.1 Å². The second-order valence-electron chi connectivity index (χ2n) is 7.09. The van der Waals surface area contributed by atoms with Crippen LogP contribution in [-0.4, -0.2) is 65.3 Å². The lowest BCUT2D eigenvalue weighted by atomic mass is 10.2. The molecule has 0 spiro atoms. The van der Waals surface area contributed by atoms with E-state index in [1.165, 1.54) is 12.1 Å². The average molecular weight is 496 g/mol. The Kier molecular flexibility index (Phi) is 9.29. The quantitative estimate of drug-likeness (QED) is 0.396. The van der Waals surface area contributed by atoms with Gasteiger partial charge in [-0.15, -0.1) is 24.0 Å². The van der Waals surface area contributed by atoms with Crippen molar-refractivity contribution in [1.29, 1.82) is 0 Å². The molecule has 0 radical (unpaired) electrons. The van der Waals surface area contributed by atoms with E-state index in [1.54, 1.807) is 7.05 Å². The number of halogens is 2. The van der Waals surface area contributed by atoms with Gasteiger partial charge in [0.25, 0.3) is 0 Å². The maximum atomic E-state index is 13.0. The molecule has 2 rings (SSSR count). The third-order valence-corrected chi connectivity index (χ3v) is 6.18. The zero-order valence-electron chi connectivity index (χ0n) is 16.0. The summed E-state index contributed by atoms with van der Waals surface area (Å²) in [5.74, 6) is 1.25. The Morgan fingerprint density at radius 3 is 2.27 bits per heavy atom. The van der Waals surface area contributed by atoms with Gasteiger partial charge in [-0.1, -0.05) is 0 Å². The van der Waals surface area contributed by atoms with Crippen molar-refractivity contribution < 1.29 is 8.60 Å². The molecule has 0 amide bonds. The number of benzene rings is 1. The van der Waals surface area contributed by atoms with E-state index < -0.39 is 10.8 Å². The predicted molar refractivity (Wildman–Crippen MR) is 120 cm³/mol. The van der Waals surface area contributed by atoms with Gasteiger partial charge in [-0.3, -0.25) is 9.20 Å². The summed E-state index contributed by atoms with van der Waals surface area (Å²) in [6, 6.07) is 6.63. The van der Waals surface area contributed by atoms with Gasteiger partial charge in [0.2, 0.25) is 0 Å². The number of guanidine groups is 1. The van der Waals surface area contributed by atoms with E-state index >= 15 is 0 Å². The summed E-state index contributed by atoms with van der Waals surface area (Å²) in [6.07, 6.45) is 0. The van der Waals surface area contributed by atoms with Gasteiger partial charge >= 0.3 is 0 Å². The minimum Gasteiger partial charge on any atom is -0.368 e. The summed E-state index contributed by atoms with van der Waals surface area (Å²) in [5, 5.41) is 3.32. The van der Waals surface area contributed by atoms with Crippen molar-refractivity contribution in [1.82, 2.24) is 10.2 Å². The molecule has 26 heavy (non-hydrogen) atoms. The summed E-state index contributed by atoms with van der Waals surface area (Å²) in [5.41, 5.74) is 1.05. The fraction of sp³-hybridized carbons (Fsp3) is 0.611. The molecule has 1 aromatic carbocycles. The minimum atomic E-state index is -0.868. The monoisotopic (exact) mass is 496 g/mol. The molecular weight excluding hydrogens is 466 g/mol. The molecule has 8 heteroatoms. The lowest BCUT2D eigenvalue weighted by Gasteiger charge is -2.37. The summed E-state index contributed by atoms with van der Waals surface area (Å²) in [6.45, 7) is 10.0. The van der Waals surface area contributed by atoms with Gasteiger partial charge in [-0.25, -0.2) is 4.39 Å². The SMILES string of the molecule is CN=C(NCCS(=O)C(C)(C)C)N1CCN(c2ccc(F)cc2)CC1.I. The van der Waals surface area contributed by atoms with E-state index in [-0.39, 0.29) is 34.5 Å². The minimum absolute atomic E-state index is 0. The standard InChI is InChI=1S/C18H29FN4OS.HI/c1-18(2,3)25(24)14-9-21-17(20-4)23-12-10-22(11-13-23)16-7-5-15(19)6-8-16;/h5-8H,9-14H2,1-4H3,(H,20,21);1H. The maximum Gasteiger partial charge on any atom is 0.193 e. The van der Waals surface area contributed by atoms with E-state index in [9.17, 15) is 8.60 Å². The normalized spacial score (nSPS) is 16.9. The van der Waals surface area contributed by atoms with Crippen molar-refractivity contribution in [3.63, 3.8) is 0 Å². The first kappa shape index (κ1) is 23.1. The highest BCUT2D eigenvalue weighted by Gasteiger charge is 2.21. The van der Waals surface area contributed by atoms with Crippen LogP contribution in [0.1, 0.15) is 20.8 Å². The Balaban J connectivity index is 0.00000338. The molecule has 0 saturated carbocycles. The third-order valence-electron chi connectivity index (χ3n) is 4.24. The molecule has 0 bridgehead atoms. The number of hydrogen-bond donors (Lipinski definition) is 1. The van der Waals surface area contributed by atoms with E-state index in [0.29, 0.717) is 12.3 Å². The molecule has 1 aromatic rings. The highest BCUT2D eigenvalue weighted by molar-refractivity contribution is 14.0. The zero-order chi connectivity index (χ0) is 18.4. The van der Waals surface area contributed by atoms with Crippen LogP contribution in [0.15, 0.2) is 29.3 Å². The van der Waals surface area contributed by atoms with Gasteiger partial charge in [0.05, 0.1) is 0 Å². The first-order valence-corrected chi connectivity index (χ1v) is 9.98. The van der Waals surface area contributed by atoms with Crippen molar-refractivity contribution >= 4 is 46.4 Å². The van der Waals surface area contributed by atoms with Gasteiger partial charge < -0.3 is 15.1 Å². The largest absolute Gasteiger partial charge is 0.368 e. The van der Waals surface area contributed by atoms with Gasteiger partial charge in [0, 0.05) is 66.8 Å². The van der Waals surface area contributed by atoms with Gasteiger partial charge in [0.1, 0.15) is 5.82 Å². The molecule has 0 aromatic heterocycles. The summed E-state index contributed by atoms with van der Waals surface area (Å²) < 4.78 is 25.0. The van der Waals surface area contributed by atoms with Crippen molar-refractivity contribution in [2.75, 3.05) is 50.4 Å². The topological polar surface area (TPSA) is 47.9 Å². The van der Waals surface area contributed by atoms with Crippen LogP contribution >= 0.6 is 24.0 Å². The molecule has 5 nitrogen and oxygen atoms in total. The third kappa shape index (κ3) is 6.68. The van der Waals surface area contributed by atoms with Crippen LogP contribution in [0.25, 0.3) is 0 Å². The molecule has 1 heterocycles. The highest BCUT2D eigenvalue weighted by atomic mass is 127. The number of piperazine rings is 1. The van der Waals surface area contributed by atoms with E-state index in [4.69, 9.17) is 0 Å². The van der Waals surface area contributed by atoms with Crippen molar-refractivity contribution in [2.24, 2.45) is 4.99 Å². The molecular formula is C18H30FIN4OS. The van der Waals surface area contributed by atoms with Gasteiger partial charge in [0.15, 0.2) is 5.96 Å². The van der Waals surface area contributed by atoms with Crippen LogP contribution in [0.3, 0.4) is 0 Å². The smallest absolute Gasteiger partial charge is 0.193 e. The van der Waals surface area contributed by atoms with Crippen LogP contribution < -0.4 is 10.2 Å². The molecule has 1 atom stereocenters. The first-order chi connectivity index (χ1) is 11.8. The molecule has 148 valence electrons. The number of rotatable bonds is 4. The van der Waals surface area contributed by atoms with Crippen molar-refractivity contribution in [3.8, 4) is 0 Å². The number of anilines is 1. The van der Waals surface area contributed by atoms with E-state index in [1.807, 2.05) is 32.9 Å². The van der Waals surface area contributed by atoms with Crippen LogP contribution in [0.2, 0.25) is 0 Å². The number of nitrogens with one attached hydrogen (secondary N) is 1. The Hall–Kier alpha value is -0.900. The zero-order valence-corrected chi connectivity index (χ0v) is 19.1. The fourth-order valence-corrected chi connectivity index (χ4v) is 3.62. The van der Waals surface area contributed by atoms with Crippen molar-refractivity contribution in [3.05, 3.63) is 30.1 Å². The first-order valence-electron chi connectivity index (χ1n) is 8.66. The summed E-state index contributed by atoms with van der Waals surface area (Å²) in [7, 11) is 0.905. The highest BCUT2D eigenvalue weighted by Crippen LogP contribution is 2.17. The molecule has 1 fully saturated rings. The van der Waals surface area contributed by atoms with Crippen LogP contribution in [0, 0.1) is 5.82 Å². The number of hydrogen-bond acceptors (Lipinski definition) is 3. The second-order valence-corrected chi connectivity index (χ2v) is 9.41. The van der Waals surface area contributed by atoms with Gasteiger partial charge in [-0.05, 0) is 45.0 Å². The molecule has 1 aliphatic heterocycles. The number of nitrogens with zero attached hydrogens (tertiary/aromatic N) is 3. The van der Waals surface area contributed by atoms with Crippen LogP contribution in [-0.2, 0) is 10.8 Å². The predicted octanol–water partition coefficient (Wildman–Crippen LogP) is 2.69. The Morgan fingerprint density at radius 2 is 1.77 bits per heavy atom. The van der Waals surface area contributed by atoms with Crippen LogP contribution in [0.5, 0.6) is 0 Å². The fourth-order valence-electron chi connectivity index (χ4n) is 2.72. The van der Waals surface area contributed by atoms with Crippen LogP contribution in [0.4, 0.5) is 10.1 Å². The Morgan fingerprint density at radius 1 is 1.19 bits per heavy atom. The molecule has 1 N–H and O–H groups in total. The summed E-state index contributed by atoms with van der Waals surface area (Å²) in [4.78, 5) is 8.80. The number of aliphatic imine (C=N–C) groups is 1. The Labute approximate surface area is 175 Å². The molecule has 1 saturated heterocycles. The lowest BCUT2D eigenvalue weighted by Crippen LogP contribution is -2.53. The average Bonchev–Trinajstić information content (AvgIpc) is 2.59. The van der Waals surface area contributed by atoms with Gasteiger partial charge in [-0.2, -0.15) is 0 Å². The second kappa shape index (κ2) is 10.4. The molecule has 1 unspecified atom stereocenters. The molecule has 1 aliphatic rings. The lowest BCUT2D eigenvalue weighted by molar-refractivity contribution is 0.373. The maximum absolute atomic E-state index is 13.0. The molecule has 0 aliphatic carbocycles. The van der Waals surface area contributed by atoms with Crippen molar-refractivity contribution in [2.45, 2.75) is 25.5 Å². The Bertz CT molecular complexity index is 611. The van der Waals surface area contributed by atoms with E-state index in [0.717, 1.165) is 37.8 Å². The summed E-state index contributed by atoms with van der Waals surface area (Å²) >= 11 is 0.